The van der Waals surface area contributed by atoms with E-state index in [2.05, 4.69) is 0 Å². The molecule has 0 aliphatic heterocycles. The summed E-state index contributed by atoms with van der Waals surface area (Å²) in [7, 11) is 0. The second kappa shape index (κ2) is 7.26. The summed E-state index contributed by atoms with van der Waals surface area (Å²) in [6.45, 7) is 2.01. The van der Waals surface area contributed by atoms with Gasteiger partial charge in [-0.2, -0.15) is 4.57 Å². The fourth-order valence-corrected chi connectivity index (χ4v) is 1.98. The number of nitro benzene ring substituents is 1. The fraction of sp³-hybridized carbons (Fsp3) is 0.188. The number of ketones is 1. The van der Waals surface area contributed by atoms with Gasteiger partial charge < -0.3 is 4.74 Å². The average Bonchev–Trinajstić information content (AvgIpc) is 2.55. The maximum absolute atomic E-state index is 12.2. The maximum atomic E-state index is 12.2. The maximum Gasteiger partial charge on any atom is 0.344 e. The van der Waals surface area contributed by atoms with E-state index >= 15 is 0 Å². The highest BCUT2D eigenvalue weighted by molar-refractivity contribution is 5.95. The van der Waals surface area contributed by atoms with E-state index in [9.17, 15) is 19.7 Å². The Kier molecular flexibility index (Phi) is 5.14. The largest absolute Gasteiger partial charge is 0.462 e. The van der Waals surface area contributed by atoms with Gasteiger partial charge in [-0.25, -0.2) is 4.79 Å². The van der Waals surface area contributed by atoms with E-state index in [1.54, 1.807) is 29.8 Å². The second-order valence-corrected chi connectivity index (χ2v) is 4.71. The molecule has 7 nitrogen and oxygen atoms in total. The molecular formula is C16H15N2O5+. The molecule has 0 radical (unpaired) electrons. The molecule has 7 heteroatoms. The van der Waals surface area contributed by atoms with Crippen molar-refractivity contribution >= 4 is 17.4 Å². The van der Waals surface area contributed by atoms with Gasteiger partial charge in [-0.3, -0.25) is 14.9 Å². The number of non-ortho nitro benzene ring substituents is 1. The predicted octanol–water partition coefficient (Wildman–Crippen LogP) is 1.94. The molecule has 0 bridgehead atoms. The number of hydrogen-bond acceptors (Lipinski definition) is 5. The normalized spacial score (nSPS) is 10.1. The molecule has 1 aromatic carbocycles. The lowest BCUT2D eigenvalue weighted by molar-refractivity contribution is -0.683. The molecule has 0 unspecified atom stereocenters. The number of rotatable bonds is 6. The van der Waals surface area contributed by atoms with Crippen LogP contribution in [0.15, 0.2) is 48.8 Å². The molecule has 0 N–H and O–H groups in total. The highest BCUT2D eigenvalue weighted by atomic mass is 16.6. The third-order valence-electron chi connectivity index (χ3n) is 3.10. The Morgan fingerprint density at radius 3 is 2.48 bits per heavy atom. The van der Waals surface area contributed by atoms with E-state index in [0.29, 0.717) is 11.1 Å². The zero-order valence-electron chi connectivity index (χ0n) is 12.5. The van der Waals surface area contributed by atoms with Crippen LogP contribution >= 0.6 is 0 Å². The second-order valence-electron chi connectivity index (χ2n) is 4.71. The van der Waals surface area contributed by atoms with Gasteiger partial charge in [-0.1, -0.05) is 0 Å². The first-order valence-electron chi connectivity index (χ1n) is 6.95. The van der Waals surface area contributed by atoms with Crippen LogP contribution in [0.5, 0.6) is 0 Å². The van der Waals surface area contributed by atoms with Crippen molar-refractivity contribution < 1.29 is 23.8 Å². The van der Waals surface area contributed by atoms with Gasteiger partial charge in [0.25, 0.3) is 5.69 Å². The number of pyridine rings is 1. The lowest BCUT2D eigenvalue weighted by Gasteiger charge is -2.01. The summed E-state index contributed by atoms with van der Waals surface area (Å²) in [5, 5.41) is 10.6. The first-order valence-corrected chi connectivity index (χ1v) is 6.95. The number of nitrogens with zero attached hydrogens (tertiary/aromatic N) is 2. The molecule has 0 fully saturated rings. The summed E-state index contributed by atoms with van der Waals surface area (Å²) < 4.78 is 6.47. The molecule has 2 rings (SSSR count). The van der Waals surface area contributed by atoms with Crippen molar-refractivity contribution in [1.82, 2.24) is 0 Å². The number of carbonyl (C=O) groups excluding carboxylic acids is 2. The lowest BCUT2D eigenvalue weighted by atomic mass is 10.1. The number of benzene rings is 1. The van der Waals surface area contributed by atoms with E-state index in [-0.39, 0.29) is 24.6 Å². The topological polar surface area (TPSA) is 90.4 Å². The van der Waals surface area contributed by atoms with Gasteiger partial charge >= 0.3 is 5.97 Å². The van der Waals surface area contributed by atoms with E-state index in [1.165, 1.54) is 30.5 Å². The number of nitro groups is 1. The number of hydrogen-bond donors (Lipinski definition) is 0. The first kappa shape index (κ1) is 16.3. The molecule has 0 saturated carbocycles. The van der Waals surface area contributed by atoms with Crippen LogP contribution in [0.25, 0.3) is 0 Å². The Hall–Kier alpha value is -3.09. The van der Waals surface area contributed by atoms with E-state index in [4.69, 9.17) is 4.74 Å². The molecule has 0 amide bonds. The minimum atomic E-state index is -0.522. The van der Waals surface area contributed by atoms with Gasteiger partial charge in [-0.05, 0) is 25.1 Å². The van der Waals surface area contributed by atoms with Crippen molar-refractivity contribution in [2.45, 2.75) is 13.5 Å². The third kappa shape index (κ3) is 4.19. The molecule has 1 heterocycles. The van der Waals surface area contributed by atoms with Crippen molar-refractivity contribution in [3.05, 3.63) is 70.0 Å². The van der Waals surface area contributed by atoms with Crippen LogP contribution in [0.1, 0.15) is 27.6 Å². The van der Waals surface area contributed by atoms with Crippen LogP contribution in [0.3, 0.4) is 0 Å². The molecule has 2 aromatic rings. The average molecular weight is 315 g/mol. The minimum Gasteiger partial charge on any atom is -0.462 e. The summed E-state index contributed by atoms with van der Waals surface area (Å²) in [6, 6.07) is 8.65. The summed E-state index contributed by atoms with van der Waals surface area (Å²) in [4.78, 5) is 33.9. The molecule has 1 aromatic heterocycles. The minimum absolute atomic E-state index is 0.0189. The van der Waals surface area contributed by atoms with E-state index in [1.807, 2.05) is 0 Å². The molecular weight excluding hydrogens is 300 g/mol. The van der Waals surface area contributed by atoms with Crippen molar-refractivity contribution in [1.29, 1.82) is 0 Å². The third-order valence-corrected chi connectivity index (χ3v) is 3.10. The summed E-state index contributed by atoms with van der Waals surface area (Å²) in [6.07, 6.45) is 3.19. The zero-order chi connectivity index (χ0) is 16.8. The number of aromatic nitrogens is 1. The van der Waals surface area contributed by atoms with Crippen LogP contribution < -0.4 is 4.57 Å². The van der Waals surface area contributed by atoms with Crippen LogP contribution in [-0.4, -0.2) is 23.3 Å². The standard InChI is InChI=1S/C16H15N2O5/c1-2-23-16(20)13-4-3-9-17(10-13)11-15(19)12-5-7-14(8-6-12)18(21)22/h3-10H,2,11H2,1H3/q+1. The molecule has 0 aliphatic carbocycles. The van der Waals surface area contributed by atoms with Crippen molar-refractivity contribution in [2.24, 2.45) is 0 Å². The monoisotopic (exact) mass is 315 g/mol. The zero-order valence-corrected chi connectivity index (χ0v) is 12.5. The Morgan fingerprint density at radius 2 is 1.87 bits per heavy atom. The number of Topliss-reactive ketones (excluding diaryl/α,β-unsaturated/α-hetero) is 1. The fourth-order valence-electron chi connectivity index (χ4n) is 1.98. The van der Waals surface area contributed by atoms with Crippen molar-refractivity contribution in [3.63, 3.8) is 0 Å². The molecule has 0 aliphatic rings. The number of ether oxygens (including phenoxy) is 1. The smallest absolute Gasteiger partial charge is 0.344 e. The molecule has 0 spiro atoms. The number of carbonyl (C=O) groups is 2. The Morgan fingerprint density at radius 1 is 1.17 bits per heavy atom. The highest BCUT2D eigenvalue weighted by Gasteiger charge is 2.16. The van der Waals surface area contributed by atoms with E-state index < -0.39 is 10.9 Å². The molecule has 0 saturated heterocycles. The Labute approximate surface area is 132 Å². The van der Waals surface area contributed by atoms with Crippen LogP contribution in [0.4, 0.5) is 5.69 Å². The van der Waals surface area contributed by atoms with Crippen LogP contribution in [-0.2, 0) is 11.3 Å². The first-order chi connectivity index (χ1) is 11.0. The van der Waals surface area contributed by atoms with Crippen molar-refractivity contribution in [2.75, 3.05) is 6.61 Å². The molecule has 118 valence electrons. The summed E-state index contributed by atoms with van der Waals surface area (Å²) in [5.74, 6) is -0.671. The molecule has 0 atom stereocenters. The van der Waals surface area contributed by atoms with Crippen molar-refractivity contribution in [3.8, 4) is 0 Å². The van der Waals surface area contributed by atoms with Gasteiger partial charge in [0, 0.05) is 23.8 Å². The van der Waals surface area contributed by atoms with Gasteiger partial charge in [-0.15, -0.1) is 0 Å². The van der Waals surface area contributed by atoms with Gasteiger partial charge in [0.1, 0.15) is 5.56 Å². The quantitative estimate of drug-likeness (QED) is 0.267. The van der Waals surface area contributed by atoms with Gasteiger partial charge in [0.2, 0.25) is 12.3 Å². The van der Waals surface area contributed by atoms with Gasteiger partial charge in [0.15, 0.2) is 12.4 Å². The SMILES string of the molecule is CCOC(=O)c1ccc[n+](CC(=O)c2ccc([N+](=O)[O-])cc2)c1. The van der Waals surface area contributed by atoms with Crippen LogP contribution in [0.2, 0.25) is 0 Å². The number of esters is 1. The predicted molar refractivity (Wildman–Crippen MR) is 80.0 cm³/mol. The molecule has 23 heavy (non-hydrogen) atoms. The lowest BCUT2D eigenvalue weighted by Crippen LogP contribution is -2.38. The van der Waals surface area contributed by atoms with Crippen LogP contribution in [0, 0.1) is 10.1 Å². The highest BCUT2D eigenvalue weighted by Crippen LogP contribution is 2.12. The summed E-state index contributed by atoms with van der Waals surface area (Å²) in [5.41, 5.74) is 0.647. The van der Waals surface area contributed by atoms with E-state index in [0.717, 1.165) is 0 Å². The Bertz CT molecular complexity index is 740. The Balaban J connectivity index is 2.12. The van der Waals surface area contributed by atoms with Gasteiger partial charge in [0.05, 0.1) is 11.5 Å². The summed E-state index contributed by atoms with van der Waals surface area (Å²) >= 11 is 0.